The topological polar surface area (TPSA) is 92.8 Å². The van der Waals surface area contributed by atoms with Crippen LogP contribution in [0.15, 0.2) is 12.1 Å². The van der Waals surface area contributed by atoms with E-state index in [0.29, 0.717) is 12.8 Å². The van der Waals surface area contributed by atoms with Gasteiger partial charge in [-0.3, -0.25) is 4.52 Å². The minimum absolute atomic E-state index is 0.118. The molecule has 1 saturated carbocycles. The maximum atomic E-state index is 10.9. The minimum Gasteiger partial charge on any atom is -0.323 e. The largest absolute Gasteiger partial charge is 0.469 e. The van der Waals surface area contributed by atoms with Crippen LogP contribution >= 0.6 is 19.2 Å². The second kappa shape index (κ2) is 11.8. The van der Waals surface area contributed by atoms with Crippen LogP contribution in [0.25, 0.3) is 0 Å². The zero-order chi connectivity index (χ0) is 20.5. The van der Waals surface area contributed by atoms with E-state index in [9.17, 15) is 4.57 Å². The van der Waals surface area contributed by atoms with Gasteiger partial charge in [-0.1, -0.05) is 58.3 Å². The van der Waals surface area contributed by atoms with Crippen molar-refractivity contribution >= 4 is 19.2 Å². The summed E-state index contributed by atoms with van der Waals surface area (Å²) in [5, 5.41) is 0. The van der Waals surface area contributed by atoms with Crippen molar-refractivity contribution in [3.05, 3.63) is 21.9 Å². The van der Waals surface area contributed by atoms with Crippen LogP contribution in [0.5, 0.6) is 0 Å². The van der Waals surface area contributed by atoms with Crippen LogP contribution in [-0.4, -0.2) is 21.9 Å². The summed E-state index contributed by atoms with van der Waals surface area (Å²) in [4.78, 5) is 20.5. The van der Waals surface area contributed by atoms with E-state index in [-0.39, 0.29) is 6.61 Å². The molecule has 5 nitrogen and oxygen atoms in total. The Labute approximate surface area is 174 Å². The molecular formula is C21H38NO4PS. The minimum atomic E-state index is -4.47. The van der Waals surface area contributed by atoms with Crippen LogP contribution in [-0.2, 0) is 21.9 Å². The summed E-state index contributed by atoms with van der Waals surface area (Å²) in [7, 11) is -4.47. The lowest BCUT2D eigenvalue weighted by atomic mass is 9.85. The molecular weight excluding hydrogens is 393 g/mol. The van der Waals surface area contributed by atoms with Crippen molar-refractivity contribution in [1.29, 1.82) is 0 Å². The standard InChI is InChI=1S/C21H38NO4PS/c1-2-21(22,17-26-27(23,24)25)16-15-20-14-13-19(28-20)12-8-4-7-11-18-9-5-3-6-10-18/h13-14,18H,2-12,15-17,22H2,1H3,(H2,23,24,25). The third-order valence-electron chi connectivity index (χ3n) is 6.07. The van der Waals surface area contributed by atoms with Gasteiger partial charge in [-0.05, 0) is 50.2 Å². The average molecular weight is 432 g/mol. The first kappa shape index (κ1) is 24.0. The molecule has 162 valence electrons. The van der Waals surface area contributed by atoms with E-state index in [1.165, 1.54) is 67.5 Å². The van der Waals surface area contributed by atoms with Crippen LogP contribution < -0.4 is 5.73 Å². The number of phosphoric ester groups is 1. The quantitative estimate of drug-likeness (QED) is 0.280. The second-order valence-electron chi connectivity index (χ2n) is 8.45. The average Bonchev–Trinajstić information content (AvgIpc) is 3.13. The Morgan fingerprint density at radius 3 is 2.46 bits per heavy atom. The lowest BCUT2D eigenvalue weighted by molar-refractivity contribution is 0.145. The molecule has 0 aromatic carbocycles. The molecule has 1 fully saturated rings. The van der Waals surface area contributed by atoms with Crippen molar-refractivity contribution in [3.8, 4) is 0 Å². The molecule has 1 aliphatic rings. The van der Waals surface area contributed by atoms with Gasteiger partial charge in [0, 0.05) is 15.3 Å². The highest BCUT2D eigenvalue weighted by molar-refractivity contribution is 7.46. The fourth-order valence-electron chi connectivity index (χ4n) is 4.01. The zero-order valence-corrected chi connectivity index (χ0v) is 19.0. The van der Waals surface area contributed by atoms with E-state index in [1.54, 1.807) is 0 Å². The highest BCUT2D eigenvalue weighted by atomic mass is 32.1. The first-order valence-corrected chi connectivity index (χ1v) is 13.2. The Hall–Kier alpha value is -0.230. The highest BCUT2D eigenvalue weighted by Gasteiger charge is 2.27. The number of thiophene rings is 1. The fourth-order valence-corrected chi connectivity index (χ4v) is 5.50. The maximum Gasteiger partial charge on any atom is 0.469 e. The smallest absolute Gasteiger partial charge is 0.323 e. The molecule has 1 heterocycles. The summed E-state index contributed by atoms with van der Waals surface area (Å²) in [6.07, 6.45) is 15.8. The molecule has 1 unspecified atom stereocenters. The van der Waals surface area contributed by atoms with Gasteiger partial charge >= 0.3 is 7.82 Å². The Balaban J connectivity index is 1.64. The molecule has 1 aromatic rings. The van der Waals surface area contributed by atoms with Gasteiger partial charge in [0.05, 0.1) is 6.61 Å². The first-order valence-electron chi connectivity index (χ1n) is 10.9. The predicted molar refractivity (Wildman–Crippen MR) is 117 cm³/mol. The summed E-state index contributed by atoms with van der Waals surface area (Å²) >= 11 is 1.84. The molecule has 0 spiro atoms. The monoisotopic (exact) mass is 431 g/mol. The van der Waals surface area contributed by atoms with E-state index in [1.807, 2.05) is 18.3 Å². The van der Waals surface area contributed by atoms with Gasteiger partial charge in [0.1, 0.15) is 0 Å². The van der Waals surface area contributed by atoms with Crippen molar-refractivity contribution in [2.75, 3.05) is 6.61 Å². The summed E-state index contributed by atoms with van der Waals surface area (Å²) in [5.74, 6) is 0.992. The van der Waals surface area contributed by atoms with Crippen LogP contribution in [0, 0.1) is 5.92 Å². The molecule has 0 aliphatic heterocycles. The normalized spacial score (nSPS) is 18.3. The summed E-state index contributed by atoms with van der Waals surface area (Å²) in [5.41, 5.74) is 5.57. The van der Waals surface area contributed by atoms with Crippen molar-refractivity contribution in [2.24, 2.45) is 11.7 Å². The molecule has 28 heavy (non-hydrogen) atoms. The number of hydrogen-bond acceptors (Lipinski definition) is 4. The van der Waals surface area contributed by atoms with Gasteiger partial charge in [0.15, 0.2) is 0 Å². The van der Waals surface area contributed by atoms with Gasteiger partial charge in [-0.2, -0.15) is 0 Å². The number of unbranched alkanes of at least 4 members (excludes halogenated alkanes) is 2. The molecule has 1 aliphatic carbocycles. The van der Waals surface area contributed by atoms with Crippen LogP contribution in [0.3, 0.4) is 0 Å². The molecule has 4 N–H and O–H groups in total. The lowest BCUT2D eigenvalue weighted by Gasteiger charge is -2.27. The second-order valence-corrected chi connectivity index (χ2v) is 10.9. The van der Waals surface area contributed by atoms with Gasteiger partial charge in [-0.15, -0.1) is 11.3 Å². The van der Waals surface area contributed by atoms with Gasteiger partial charge in [0.25, 0.3) is 0 Å². The molecule has 7 heteroatoms. The van der Waals surface area contributed by atoms with Crippen molar-refractivity contribution in [2.45, 2.75) is 95.9 Å². The lowest BCUT2D eigenvalue weighted by Crippen LogP contribution is -2.44. The van der Waals surface area contributed by atoms with E-state index in [4.69, 9.17) is 15.5 Å². The van der Waals surface area contributed by atoms with E-state index in [0.717, 1.165) is 18.8 Å². The van der Waals surface area contributed by atoms with E-state index < -0.39 is 13.4 Å². The number of hydrogen-bond donors (Lipinski definition) is 3. The van der Waals surface area contributed by atoms with Crippen LogP contribution in [0.2, 0.25) is 0 Å². The molecule has 2 rings (SSSR count). The first-order chi connectivity index (χ1) is 13.3. The number of aryl methyl sites for hydroxylation is 2. The summed E-state index contributed by atoms with van der Waals surface area (Å²) < 4.78 is 15.6. The van der Waals surface area contributed by atoms with Crippen molar-refractivity contribution in [3.63, 3.8) is 0 Å². The molecule has 1 aromatic heterocycles. The molecule has 0 saturated heterocycles. The molecule has 0 radical (unpaired) electrons. The van der Waals surface area contributed by atoms with Crippen LogP contribution in [0.4, 0.5) is 0 Å². The predicted octanol–water partition coefficient (Wildman–Crippen LogP) is 5.58. The number of rotatable bonds is 13. The van der Waals surface area contributed by atoms with Crippen molar-refractivity contribution < 1.29 is 18.9 Å². The Morgan fingerprint density at radius 1 is 1.14 bits per heavy atom. The van der Waals surface area contributed by atoms with E-state index >= 15 is 0 Å². The Bertz CT molecular complexity index is 611. The maximum absolute atomic E-state index is 10.9. The summed E-state index contributed by atoms with van der Waals surface area (Å²) in [6.45, 7) is 1.81. The Morgan fingerprint density at radius 2 is 1.82 bits per heavy atom. The Kier molecular flexibility index (Phi) is 10.2. The number of nitrogens with two attached hydrogens (primary N) is 1. The third kappa shape index (κ3) is 9.51. The fraction of sp³-hybridized carbons (Fsp3) is 0.810. The summed E-state index contributed by atoms with van der Waals surface area (Å²) in [6, 6.07) is 4.39. The molecule has 0 bridgehead atoms. The molecule has 1 atom stereocenters. The SMILES string of the molecule is CCC(N)(CCc1ccc(CCCCCC2CCCCC2)s1)COP(=O)(O)O. The van der Waals surface area contributed by atoms with Gasteiger partial charge < -0.3 is 15.5 Å². The highest BCUT2D eigenvalue weighted by Crippen LogP contribution is 2.37. The van der Waals surface area contributed by atoms with Gasteiger partial charge in [0.2, 0.25) is 0 Å². The van der Waals surface area contributed by atoms with Gasteiger partial charge in [-0.25, -0.2) is 4.57 Å². The van der Waals surface area contributed by atoms with Crippen LogP contribution in [0.1, 0.15) is 87.3 Å². The van der Waals surface area contributed by atoms with Crippen molar-refractivity contribution in [1.82, 2.24) is 0 Å². The zero-order valence-electron chi connectivity index (χ0n) is 17.3. The van der Waals surface area contributed by atoms with E-state index in [2.05, 4.69) is 16.7 Å². The number of phosphoric acid groups is 1. The molecule has 0 amide bonds. The third-order valence-corrected chi connectivity index (χ3v) is 7.74.